The maximum absolute atomic E-state index is 9.75. The third-order valence-electron chi connectivity index (χ3n) is 0.408. The van der Waals surface area contributed by atoms with Gasteiger partial charge in [0.2, 0.25) is 0 Å². The first kappa shape index (κ1) is 43.0. The minimum Gasteiger partial charge on any atom is 0 e. The molecule has 0 heterocycles. The number of allylic oxidation sites excluding steroid dienone is 1. The van der Waals surface area contributed by atoms with Crippen molar-refractivity contribution in [3.05, 3.63) is 45.2 Å². The quantitative estimate of drug-likeness (QED) is 0.308. The molecular formula is C9H9BF4FeO4-. The van der Waals surface area contributed by atoms with Crippen LogP contribution in [0.1, 0.15) is 13.8 Å². The van der Waals surface area contributed by atoms with E-state index in [-0.39, 0.29) is 17.1 Å². The third-order valence-corrected chi connectivity index (χ3v) is 0.408. The van der Waals surface area contributed by atoms with Crippen molar-refractivity contribution in [2.75, 3.05) is 0 Å². The number of hydrogen-bond donors (Lipinski definition) is 0. The Morgan fingerprint density at radius 1 is 0.842 bits per heavy atom. The maximum atomic E-state index is 9.75. The number of halogens is 4. The van der Waals surface area contributed by atoms with Gasteiger partial charge in [-0.3, -0.25) is 0 Å². The van der Waals surface area contributed by atoms with Gasteiger partial charge in [-0.25, -0.2) is 0 Å². The molecule has 0 fully saturated rings. The van der Waals surface area contributed by atoms with Crippen molar-refractivity contribution in [3.63, 3.8) is 0 Å². The molecule has 0 aromatic carbocycles. The van der Waals surface area contributed by atoms with Crippen molar-refractivity contribution < 1.29 is 52.9 Å². The predicted octanol–water partition coefficient (Wildman–Crippen LogP) is 2.93. The Bertz CT molecular complexity index is 194. The summed E-state index contributed by atoms with van der Waals surface area (Å²) in [6, 6.07) is 0. The normalized spacial score (nSPS) is 5.84. The van der Waals surface area contributed by atoms with Crippen LogP contribution in [-0.4, -0.2) is 7.25 Å². The number of rotatable bonds is 1. The first-order valence-electron chi connectivity index (χ1n) is 3.39. The zero-order valence-corrected chi connectivity index (χ0v) is 11.0. The van der Waals surface area contributed by atoms with E-state index in [1.807, 2.05) is 19.9 Å². The van der Waals surface area contributed by atoms with E-state index in [2.05, 4.69) is 33.2 Å². The van der Waals surface area contributed by atoms with E-state index in [1.165, 1.54) is 5.92 Å². The van der Waals surface area contributed by atoms with Gasteiger partial charge >= 0.3 is 52.5 Å². The summed E-state index contributed by atoms with van der Waals surface area (Å²) in [6.07, 6.45) is 1.83. The van der Waals surface area contributed by atoms with Gasteiger partial charge in [-0.15, -0.1) is 6.58 Å². The first-order valence-corrected chi connectivity index (χ1v) is 3.39. The average molecular weight is 324 g/mol. The zero-order valence-electron chi connectivity index (χ0n) is 9.86. The molecule has 0 aliphatic rings. The van der Waals surface area contributed by atoms with Gasteiger partial charge in [-0.2, -0.15) is 0 Å². The second kappa shape index (κ2) is 53.7. The second-order valence-electron chi connectivity index (χ2n) is 1.78. The monoisotopic (exact) mass is 324 g/mol. The zero-order chi connectivity index (χ0) is 16.8. The largest absolute Gasteiger partial charge is 0 e. The third kappa shape index (κ3) is 3790. The standard InChI is InChI=1S/C5H9.4CO.BF4.Fe/c1-4-5(2)3;4*1-2;2-1(3,4)5;/h4H,1H2,2-3H3;;;;;;/q;;;;;-1;. The summed E-state index contributed by atoms with van der Waals surface area (Å²) in [6.45, 7) is 25.6. The molecule has 109 valence electrons. The van der Waals surface area contributed by atoms with Crippen LogP contribution >= 0.6 is 0 Å². The van der Waals surface area contributed by atoms with Gasteiger partial charge in [0.1, 0.15) is 0 Å². The summed E-state index contributed by atoms with van der Waals surface area (Å²) in [7, 11) is -6.00. The molecule has 0 amide bonds. The molecular weight excluding hydrogens is 315 g/mol. The smallest absolute Gasteiger partial charge is 0 e. The molecule has 0 spiro atoms. The summed E-state index contributed by atoms with van der Waals surface area (Å²) >= 11 is 0. The van der Waals surface area contributed by atoms with E-state index >= 15 is 0 Å². The van der Waals surface area contributed by atoms with Gasteiger partial charge in [0.15, 0.2) is 0 Å². The van der Waals surface area contributed by atoms with Crippen molar-refractivity contribution in [2.45, 2.75) is 13.8 Å². The fourth-order valence-electron chi connectivity index (χ4n) is 0. The summed E-state index contributed by atoms with van der Waals surface area (Å²) in [5.41, 5.74) is 0. The van der Waals surface area contributed by atoms with Crippen LogP contribution in [0.4, 0.5) is 17.3 Å². The predicted molar refractivity (Wildman–Crippen MR) is 50.7 cm³/mol. The summed E-state index contributed by atoms with van der Waals surface area (Å²) in [5, 5.41) is 0. The van der Waals surface area contributed by atoms with E-state index in [9.17, 15) is 17.3 Å². The molecule has 0 saturated heterocycles. The van der Waals surface area contributed by atoms with E-state index in [0.717, 1.165) is 0 Å². The number of hydrogen-bond acceptors (Lipinski definition) is 0. The van der Waals surface area contributed by atoms with E-state index in [0.29, 0.717) is 0 Å². The van der Waals surface area contributed by atoms with Crippen molar-refractivity contribution in [1.82, 2.24) is 0 Å². The van der Waals surface area contributed by atoms with Crippen molar-refractivity contribution in [1.29, 1.82) is 0 Å². The van der Waals surface area contributed by atoms with Gasteiger partial charge < -0.3 is 17.3 Å². The molecule has 0 saturated carbocycles. The van der Waals surface area contributed by atoms with Gasteiger partial charge in [-0.05, 0) is 5.92 Å². The molecule has 0 rings (SSSR count). The summed E-state index contributed by atoms with van der Waals surface area (Å²) < 4.78 is 69.0. The SMILES string of the molecule is C=C[C](C)C.F[B-](F)(F)F.[C-]#[O+].[C-]#[O+].[C-]#[O+].[C-]#[O+].[Fe]. The molecule has 0 aliphatic carbocycles. The van der Waals surface area contributed by atoms with Crippen molar-refractivity contribution in [2.24, 2.45) is 0 Å². The molecule has 0 aromatic rings. The molecule has 0 aliphatic heterocycles. The molecule has 0 atom stereocenters. The van der Waals surface area contributed by atoms with Crippen LogP contribution in [0.15, 0.2) is 12.7 Å². The summed E-state index contributed by atoms with van der Waals surface area (Å²) in [4.78, 5) is 0. The van der Waals surface area contributed by atoms with Gasteiger partial charge in [-0.1, -0.05) is 19.9 Å². The minimum atomic E-state index is -6.00. The summed E-state index contributed by atoms with van der Waals surface area (Å²) in [5.74, 6) is 1.27. The molecule has 0 unspecified atom stereocenters. The molecule has 4 nitrogen and oxygen atoms in total. The molecule has 10 heteroatoms. The van der Waals surface area contributed by atoms with Crippen molar-refractivity contribution >= 4 is 7.25 Å². The van der Waals surface area contributed by atoms with Crippen LogP contribution in [0, 0.1) is 32.5 Å². The van der Waals surface area contributed by atoms with Crippen LogP contribution in [0.5, 0.6) is 0 Å². The van der Waals surface area contributed by atoms with E-state index in [4.69, 9.17) is 18.6 Å². The molecule has 0 aromatic heterocycles. The van der Waals surface area contributed by atoms with Crippen LogP contribution < -0.4 is 0 Å². The van der Waals surface area contributed by atoms with Gasteiger partial charge in [0.25, 0.3) is 0 Å². The van der Waals surface area contributed by atoms with Crippen LogP contribution in [0.25, 0.3) is 0 Å². The van der Waals surface area contributed by atoms with E-state index in [1.54, 1.807) is 0 Å². The second-order valence-corrected chi connectivity index (χ2v) is 1.78. The molecule has 19 heavy (non-hydrogen) atoms. The Kier molecular flexibility index (Phi) is 122. The first-order chi connectivity index (χ1) is 8.27. The topological polar surface area (TPSA) is 79.6 Å². The molecule has 1 radical (unpaired) electrons. The average Bonchev–Trinajstić information content (AvgIpc) is 2.37. The van der Waals surface area contributed by atoms with Gasteiger partial charge in [0.05, 0.1) is 0 Å². The fourth-order valence-corrected chi connectivity index (χ4v) is 0. The van der Waals surface area contributed by atoms with Crippen molar-refractivity contribution in [3.8, 4) is 0 Å². The Morgan fingerprint density at radius 2 is 0.895 bits per heavy atom. The van der Waals surface area contributed by atoms with E-state index < -0.39 is 7.25 Å². The maximum Gasteiger partial charge on any atom is 0 e. The molecule has 0 N–H and O–H groups in total. The Balaban J connectivity index is -0.0000000194. The van der Waals surface area contributed by atoms with Crippen LogP contribution in [0.3, 0.4) is 0 Å². The fraction of sp³-hybridized carbons (Fsp3) is 0.222. The Labute approximate surface area is 120 Å². The Hall–Kier alpha value is -0.996. The van der Waals surface area contributed by atoms with Crippen LogP contribution in [-0.2, 0) is 35.7 Å². The van der Waals surface area contributed by atoms with Crippen LogP contribution in [0.2, 0.25) is 0 Å². The van der Waals surface area contributed by atoms with Gasteiger partial charge in [0, 0.05) is 17.1 Å². The minimum absolute atomic E-state index is 0. The molecule has 0 bridgehead atoms. The Morgan fingerprint density at radius 3 is 0.895 bits per heavy atom.